The van der Waals surface area contributed by atoms with Gasteiger partial charge < -0.3 is 14.8 Å². The Morgan fingerprint density at radius 1 is 1.09 bits per heavy atom. The third kappa shape index (κ3) is 6.07. The van der Waals surface area contributed by atoms with Crippen molar-refractivity contribution < 1.29 is 19.1 Å². The molecule has 0 fully saturated rings. The SMILES string of the molecule is O=C(COc1ccc(Br)cc1)OCCNC(=O)c1ccncc1. The van der Waals surface area contributed by atoms with Crippen LogP contribution in [0.5, 0.6) is 5.75 Å². The summed E-state index contributed by atoms with van der Waals surface area (Å²) in [5, 5.41) is 2.64. The number of nitrogens with zero attached hydrogens (tertiary/aromatic N) is 1. The number of ether oxygens (including phenoxy) is 2. The molecule has 0 aliphatic rings. The van der Waals surface area contributed by atoms with Crippen molar-refractivity contribution >= 4 is 27.8 Å². The molecule has 1 aromatic carbocycles. The van der Waals surface area contributed by atoms with Gasteiger partial charge in [-0.2, -0.15) is 0 Å². The van der Waals surface area contributed by atoms with Crippen LogP contribution in [0.4, 0.5) is 0 Å². The fourth-order valence-electron chi connectivity index (χ4n) is 1.65. The lowest BCUT2D eigenvalue weighted by Crippen LogP contribution is -2.28. The van der Waals surface area contributed by atoms with Crippen molar-refractivity contribution in [3.05, 3.63) is 58.8 Å². The second kappa shape index (κ2) is 8.89. The predicted molar refractivity (Wildman–Crippen MR) is 87.2 cm³/mol. The molecule has 1 heterocycles. The molecule has 0 saturated heterocycles. The third-order valence-electron chi connectivity index (χ3n) is 2.76. The molecule has 0 saturated carbocycles. The topological polar surface area (TPSA) is 77.5 Å². The van der Waals surface area contributed by atoms with Crippen LogP contribution in [0, 0.1) is 0 Å². The quantitative estimate of drug-likeness (QED) is 0.590. The highest BCUT2D eigenvalue weighted by Gasteiger charge is 2.06. The second-order valence-electron chi connectivity index (χ2n) is 4.45. The Labute approximate surface area is 142 Å². The van der Waals surface area contributed by atoms with Gasteiger partial charge in [0.2, 0.25) is 0 Å². The van der Waals surface area contributed by atoms with Crippen LogP contribution in [0.2, 0.25) is 0 Å². The van der Waals surface area contributed by atoms with E-state index in [1.54, 1.807) is 24.3 Å². The number of hydrogen-bond donors (Lipinski definition) is 1. The first kappa shape index (κ1) is 17.0. The minimum absolute atomic E-state index is 0.0827. The van der Waals surface area contributed by atoms with Crippen molar-refractivity contribution in [1.82, 2.24) is 10.3 Å². The summed E-state index contributed by atoms with van der Waals surface area (Å²) in [4.78, 5) is 27.1. The van der Waals surface area contributed by atoms with E-state index >= 15 is 0 Å². The van der Waals surface area contributed by atoms with Crippen LogP contribution >= 0.6 is 15.9 Å². The predicted octanol–water partition coefficient (Wildman–Crippen LogP) is 2.20. The number of amides is 1. The highest BCUT2D eigenvalue weighted by Crippen LogP contribution is 2.15. The largest absolute Gasteiger partial charge is 0.482 e. The summed E-state index contributed by atoms with van der Waals surface area (Å²) in [5.41, 5.74) is 0.505. The zero-order chi connectivity index (χ0) is 16.5. The van der Waals surface area contributed by atoms with E-state index in [2.05, 4.69) is 26.2 Å². The summed E-state index contributed by atoms with van der Waals surface area (Å²) in [7, 11) is 0. The zero-order valence-electron chi connectivity index (χ0n) is 12.2. The Morgan fingerprint density at radius 3 is 2.48 bits per heavy atom. The first-order valence-corrected chi connectivity index (χ1v) is 7.66. The van der Waals surface area contributed by atoms with E-state index in [4.69, 9.17) is 9.47 Å². The van der Waals surface area contributed by atoms with Gasteiger partial charge in [-0.1, -0.05) is 15.9 Å². The minimum Gasteiger partial charge on any atom is -0.482 e. The number of rotatable bonds is 7. The van der Waals surface area contributed by atoms with E-state index in [0.717, 1.165) is 4.47 Å². The lowest BCUT2D eigenvalue weighted by atomic mass is 10.2. The Kier molecular flexibility index (Phi) is 6.56. The van der Waals surface area contributed by atoms with E-state index in [9.17, 15) is 9.59 Å². The molecule has 0 aliphatic carbocycles. The molecule has 0 bridgehead atoms. The molecule has 23 heavy (non-hydrogen) atoms. The molecular weight excluding hydrogens is 364 g/mol. The van der Waals surface area contributed by atoms with Crippen LogP contribution in [0.3, 0.4) is 0 Å². The number of esters is 1. The normalized spacial score (nSPS) is 9.96. The fraction of sp³-hybridized carbons (Fsp3) is 0.188. The highest BCUT2D eigenvalue weighted by molar-refractivity contribution is 9.10. The molecule has 0 unspecified atom stereocenters. The molecule has 120 valence electrons. The lowest BCUT2D eigenvalue weighted by Gasteiger charge is -2.08. The Hall–Kier alpha value is -2.41. The molecule has 7 heteroatoms. The summed E-state index contributed by atoms with van der Waals surface area (Å²) < 4.78 is 11.2. The van der Waals surface area contributed by atoms with E-state index < -0.39 is 5.97 Å². The van der Waals surface area contributed by atoms with E-state index in [-0.39, 0.29) is 25.7 Å². The molecule has 0 atom stereocenters. The maximum absolute atomic E-state index is 11.7. The number of benzene rings is 1. The molecule has 0 spiro atoms. The zero-order valence-corrected chi connectivity index (χ0v) is 13.8. The Balaban J connectivity index is 1.61. The molecule has 1 N–H and O–H groups in total. The number of nitrogens with one attached hydrogen (secondary N) is 1. The van der Waals surface area contributed by atoms with Crippen LogP contribution in [0.1, 0.15) is 10.4 Å². The van der Waals surface area contributed by atoms with Gasteiger partial charge in [-0.15, -0.1) is 0 Å². The summed E-state index contributed by atoms with van der Waals surface area (Å²) >= 11 is 3.31. The monoisotopic (exact) mass is 378 g/mol. The number of hydrogen-bond acceptors (Lipinski definition) is 5. The van der Waals surface area contributed by atoms with Gasteiger partial charge in [0, 0.05) is 22.4 Å². The summed E-state index contributed by atoms with van der Waals surface area (Å²) in [6.45, 7) is 0.129. The number of carbonyl (C=O) groups is 2. The van der Waals surface area contributed by atoms with Gasteiger partial charge in [0.15, 0.2) is 6.61 Å². The van der Waals surface area contributed by atoms with Crippen molar-refractivity contribution in [3.8, 4) is 5.75 Å². The molecule has 0 radical (unpaired) electrons. The van der Waals surface area contributed by atoms with E-state index in [1.165, 1.54) is 12.4 Å². The van der Waals surface area contributed by atoms with Crippen molar-refractivity contribution in [2.75, 3.05) is 19.8 Å². The minimum atomic E-state index is -0.494. The summed E-state index contributed by atoms with van der Waals surface area (Å²) in [6.07, 6.45) is 3.07. The third-order valence-corrected chi connectivity index (χ3v) is 3.29. The van der Waals surface area contributed by atoms with Gasteiger partial charge in [-0.3, -0.25) is 9.78 Å². The van der Waals surface area contributed by atoms with E-state index in [1.807, 2.05) is 12.1 Å². The standard InChI is InChI=1S/C16H15BrN2O4/c17-13-1-3-14(4-2-13)23-11-15(20)22-10-9-19-16(21)12-5-7-18-8-6-12/h1-8H,9-11H2,(H,19,21). The van der Waals surface area contributed by atoms with E-state index in [0.29, 0.717) is 11.3 Å². The van der Waals surface area contributed by atoms with Gasteiger partial charge in [0.25, 0.3) is 5.91 Å². The van der Waals surface area contributed by atoms with Crippen molar-refractivity contribution in [2.24, 2.45) is 0 Å². The Morgan fingerprint density at radius 2 is 1.78 bits per heavy atom. The average molecular weight is 379 g/mol. The maximum Gasteiger partial charge on any atom is 0.344 e. The first-order valence-electron chi connectivity index (χ1n) is 6.87. The van der Waals surface area contributed by atoms with Gasteiger partial charge in [-0.25, -0.2) is 4.79 Å². The molecule has 1 amide bonds. The number of halogens is 1. The van der Waals surface area contributed by atoms with Gasteiger partial charge in [0.05, 0.1) is 6.54 Å². The molecular formula is C16H15BrN2O4. The second-order valence-corrected chi connectivity index (χ2v) is 5.37. The van der Waals surface area contributed by atoms with Crippen molar-refractivity contribution in [1.29, 1.82) is 0 Å². The van der Waals surface area contributed by atoms with Crippen LogP contribution in [0.25, 0.3) is 0 Å². The van der Waals surface area contributed by atoms with Crippen LogP contribution < -0.4 is 10.1 Å². The highest BCUT2D eigenvalue weighted by atomic mass is 79.9. The summed E-state index contributed by atoms with van der Waals surface area (Å²) in [5.74, 6) is -0.156. The molecule has 6 nitrogen and oxygen atoms in total. The summed E-state index contributed by atoms with van der Waals surface area (Å²) in [6, 6.07) is 10.3. The first-order chi connectivity index (χ1) is 11.1. The van der Waals surface area contributed by atoms with Gasteiger partial charge in [-0.05, 0) is 36.4 Å². The molecule has 0 aliphatic heterocycles. The lowest BCUT2D eigenvalue weighted by molar-refractivity contribution is -0.145. The Bertz CT molecular complexity index is 647. The fourth-order valence-corrected chi connectivity index (χ4v) is 1.91. The smallest absolute Gasteiger partial charge is 0.344 e. The molecule has 2 aromatic rings. The van der Waals surface area contributed by atoms with Crippen molar-refractivity contribution in [3.63, 3.8) is 0 Å². The van der Waals surface area contributed by atoms with Crippen molar-refractivity contribution in [2.45, 2.75) is 0 Å². The molecule has 2 rings (SSSR count). The number of aromatic nitrogens is 1. The van der Waals surface area contributed by atoms with Crippen LogP contribution in [-0.2, 0) is 9.53 Å². The van der Waals surface area contributed by atoms with Gasteiger partial charge >= 0.3 is 5.97 Å². The maximum atomic E-state index is 11.7. The number of pyridine rings is 1. The molecule has 1 aromatic heterocycles. The van der Waals surface area contributed by atoms with Crippen LogP contribution in [-0.4, -0.2) is 36.6 Å². The average Bonchev–Trinajstić information content (AvgIpc) is 2.59. The van der Waals surface area contributed by atoms with Gasteiger partial charge in [0.1, 0.15) is 12.4 Å². The van der Waals surface area contributed by atoms with Crippen LogP contribution in [0.15, 0.2) is 53.3 Å². The number of carbonyl (C=O) groups excluding carboxylic acids is 2.